The molecular weight excluding hydrogens is 208 g/mol. The monoisotopic (exact) mass is 222 g/mol. The molecular formula is C7H14O4SSi. The van der Waals surface area contributed by atoms with Crippen LogP contribution in [0, 0.1) is 0 Å². The fourth-order valence-electron chi connectivity index (χ4n) is 1.25. The van der Waals surface area contributed by atoms with Gasteiger partial charge >= 0.3 is 0 Å². The van der Waals surface area contributed by atoms with Crippen LogP contribution in [0.1, 0.15) is 19.3 Å². The molecule has 1 saturated heterocycles. The largest absolute Gasteiger partial charge is 0.354 e. The van der Waals surface area contributed by atoms with Crippen molar-refractivity contribution in [1.82, 2.24) is 0 Å². The summed E-state index contributed by atoms with van der Waals surface area (Å²) < 4.78 is 32.4. The van der Waals surface area contributed by atoms with Crippen molar-refractivity contribution in [2.75, 3.05) is 6.61 Å². The quantitative estimate of drug-likeness (QED) is 0.486. The van der Waals surface area contributed by atoms with Gasteiger partial charge in [-0.15, -0.1) is 0 Å². The van der Waals surface area contributed by atoms with Gasteiger partial charge in [0.15, 0.2) is 5.41 Å². The van der Waals surface area contributed by atoms with E-state index in [1.54, 1.807) is 0 Å². The van der Waals surface area contributed by atoms with Crippen molar-refractivity contribution in [2.24, 2.45) is 0 Å². The van der Waals surface area contributed by atoms with Crippen molar-refractivity contribution in [2.45, 2.75) is 24.7 Å². The van der Waals surface area contributed by atoms with E-state index in [1.165, 1.54) is 0 Å². The topological polar surface area (TPSA) is 52.6 Å². The smallest absolute Gasteiger partial charge is 0.291 e. The zero-order chi connectivity index (χ0) is 9.95. The SMILES string of the molecule is C=CS(=O)(=O)OC1([SiH3])CCCCO1. The van der Waals surface area contributed by atoms with Crippen LogP contribution in [0.25, 0.3) is 0 Å². The van der Waals surface area contributed by atoms with Gasteiger partial charge in [0.25, 0.3) is 10.1 Å². The highest BCUT2D eigenvalue weighted by Gasteiger charge is 2.32. The Balaban J connectivity index is 2.65. The fourth-order valence-corrected chi connectivity index (χ4v) is 3.20. The van der Waals surface area contributed by atoms with Gasteiger partial charge in [0.05, 0.1) is 15.7 Å². The minimum absolute atomic E-state index is 0.544. The second-order valence-corrected chi connectivity index (χ2v) is 6.19. The molecule has 1 aliphatic heterocycles. The van der Waals surface area contributed by atoms with Crippen molar-refractivity contribution >= 4 is 20.4 Å². The van der Waals surface area contributed by atoms with Gasteiger partial charge in [-0.2, -0.15) is 8.42 Å². The molecule has 0 aromatic heterocycles. The van der Waals surface area contributed by atoms with E-state index in [0.717, 1.165) is 18.2 Å². The normalized spacial score (nSPS) is 30.2. The van der Waals surface area contributed by atoms with E-state index in [0.29, 0.717) is 23.3 Å². The Labute approximate surface area is 81.5 Å². The van der Waals surface area contributed by atoms with Crippen molar-refractivity contribution in [3.8, 4) is 0 Å². The molecule has 0 amide bonds. The molecule has 0 aromatic carbocycles. The summed E-state index contributed by atoms with van der Waals surface area (Å²) in [5.41, 5.74) is -0.856. The summed E-state index contributed by atoms with van der Waals surface area (Å²) in [5.74, 6) is 0. The van der Waals surface area contributed by atoms with Gasteiger partial charge in [-0.05, 0) is 19.3 Å². The zero-order valence-corrected chi connectivity index (χ0v) is 10.5. The Morgan fingerprint density at radius 1 is 1.54 bits per heavy atom. The molecule has 0 bridgehead atoms. The first-order chi connectivity index (χ1) is 5.97. The maximum Gasteiger partial charge on any atom is 0.291 e. The van der Waals surface area contributed by atoms with E-state index < -0.39 is 15.5 Å². The molecule has 0 aromatic rings. The predicted molar refractivity (Wildman–Crippen MR) is 52.7 cm³/mol. The maximum atomic E-state index is 11.1. The first kappa shape index (κ1) is 10.9. The van der Waals surface area contributed by atoms with Gasteiger partial charge in [0.1, 0.15) is 0 Å². The van der Waals surface area contributed by atoms with Gasteiger partial charge in [-0.1, -0.05) is 6.58 Å². The molecule has 0 aliphatic carbocycles. The van der Waals surface area contributed by atoms with Crippen molar-refractivity contribution < 1.29 is 17.3 Å². The molecule has 6 heteroatoms. The first-order valence-electron chi connectivity index (χ1n) is 4.19. The van der Waals surface area contributed by atoms with E-state index in [-0.39, 0.29) is 0 Å². The third-order valence-electron chi connectivity index (χ3n) is 1.93. The second kappa shape index (κ2) is 3.91. The van der Waals surface area contributed by atoms with Crippen LogP contribution in [-0.2, 0) is 19.0 Å². The van der Waals surface area contributed by atoms with E-state index in [2.05, 4.69) is 6.58 Å². The highest BCUT2D eigenvalue weighted by molar-refractivity contribution is 7.89. The molecule has 4 nitrogen and oxygen atoms in total. The summed E-state index contributed by atoms with van der Waals surface area (Å²) in [6.07, 6.45) is 2.59. The molecule has 1 heterocycles. The van der Waals surface area contributed by atoms with Gasteiger partial charge in [-0.25, -0.2) is 4.18 Å². The Morgan fingerprint density at radius 3 is 2.69 bits per heavy atom. The minimum Gasteiger partial charge on any atom is -0.354 e. The third-order valence-corrected chi connectivity index (χ3v) is 4.21. The highest BCUT2D eigenvalue weighted by Crippen LogP contribution is 2.24. The van der Waals surface area contributed by atoms with Crippen LogP contribution in [-0.4, -0.2) is 30.7 Å². The predicted octanol–water partition coefficient (Wildman–Crippen LogP) is -0.304. The Morgan fingerprint density at radius 2 is 2.23 bits per heavy atom. The van der Waals surface area contributed by atoms with Gasteiger partial charge in [0.2, 0.25) is 0 Å². The average molecular weight is 222 g/mol. The molecule has 1 atom stereocenters. The fraction of sp³-hybridized carbons (Fsp3) is 0.714. The number of rotatable bonds is 3. The lowest BCUT2D eigenvalue weighted by Crippen LogP contribution is -2.41. The maximum absolute atomic E-state index is 11.1. The molecule has 0 saturated carbocycles. The molecule has 13 heavy (non-hydrogen) atoms. The second-order valence-electron chi connectivity index (χ2n) is 3.18. The summed E-state index contributed by atoms with van der Waals surface area (Å²) in [5, 5.41) is 0.810. The molecule has 0 spiro atoms. The number of hydrogen-bond donors (Lipinski definition) is 0. The Kier molecular flexibility index (Phi) is 3.28. The highest BCUT2D eigenvalue weighted by atomic mass is 32.2. The summed E-state index contributed by atoms with van der Waals surface area (Å²) in [6, 6.07) is 0. The molecule has 1 rings (SSSR count). The molecule has 0 radical (unpaired) electrons. The number of hydrogen-bond acceptors (Lipinski definition) is 4. The van der Waals surface area contributed by atoms with Crippen LogP contribution in [0.3, 0.4) is 0 Å². The van der Waals surface area contributed by atoms with E-state index in [4.69, 9.17) is 8.92 Å². The molecule has 1 aliphatic rings. The van der Waals surface area contributed by atoms with Crippen molar-refractivity contribution in [3.05, 3.63) is 12.0 Å². The van der Waals surface area contributed by atoms with Crippen molar-refractivity contribution in [3.63, 3.8) is 0 Å². The van der Waals surface area contributed by atoms with Crippen LogP contribution >= 0.6 is 0 Å². The van der Waals surface area contributed by atoms with Gasteiger partial charge in [-0.3, -0.25) is 0 Å². The lowest BCUT2D eigenvalue weighted by Gasteiger charge is -2.32. The summed E-state index contributed by atoms with van der Waals surface area (Å²) in [7, 11) is -3.06. The van der Waals surface area contributed by atoms with Crippen LogP contribution < -0.4 is 0 Å². The summed E-state index contributed by atoms with van der Waals surface area (Å²) >= 11 is 0. The molecule has 76 valence electrons. The van der Waals surface area contributed by atoms with Gasteiger partial charge in [0, 0.05) is 6.61 Å². The average Bonchev–Trinajstić information content (AvgIpc) is 2.04. The Hall–Kier alpha value is -0.173. The lowest BCUT2D eigenvalue weighted by molar-refractivity contribution is -0.139. The molecule has 0 N–H and O–H groups in total. The standard InChI is InChI=1S/C7H14O4SSi/c1-2-12(8,9)11-7(13)5-3-4-6-10-7/h2H,1,3-6H2,13H3. The van der Waals surface area contributed by atoms with E-state index >= 15 is 0 Å². The molecule has 1 unspecified atom stereocenters. The molecule has 1 fully saturated rings. The van der Waals surface area contributed by atoms with Gasteiger partial charge < -0.3 is 4.74 Å². The minimum atomic E-state index is -3.60. The number of ether oxygens (including phenoxy) is 1. The Bertz CT molecular complexity index is 279. The van der Waals surface area contributed by atoms with Crippen molar-refractivity contribution in [1.29, 1.82) is 0 Å². The summed E-state index contributed by atoms with van der Waals surface area (Å²) in [4.78, 5) is 0. The third kappa shape index (κ3) is 3.22. The van der Waals surface area contributed by atoms with E-state index in [1.807, 2.05) is 0 Å². The summed E-state index contributed by atoms with van der Waals surface area (Å²) in [6.45, 7) is 3.76. The van der Waals surface area contributed by atoms with Crippen LogP contribution in [0.5, 0.6) is 0 Å². The van der Waals surface area contributed by atoms with Crippen LogP contribution in [0.15, 0.2) is 12.0 Å². The lowest BCUT2D eigenvalue weighted by atomic mass is 10.2. The zero-order valence-electron chi connectivity index (χ0n) is 7.65. The first-order valence-corrected chi connectivity index (χ1v) is 6.67. The van der Waals surface area contributed by atoms with E-state index in [9.17, 15) is 8.42 Å². The van der Waals surface area contributed by atoms with Crippen LogP contribution in [0.4, 0.5) is 0 Å². The van der Waals surface area contributed by atoms with Crippen LogP contribution in [0.2, 0.25) is 0 Å².